The Morgan fingerprint density at radius 3 is 2.55 bits per heavy atom. The first-order chi connectivity index (χ1) is 10.4. The summed E-state index contributed by atoms with van der Waals surface area (Å²) in [6.45, 7) is 0.235. The van der Waals surface area contributed by atoms with E-state index in [4.69, 9.17) is 14.6 Å². The van der Waals surface area contributed by atoms with Crippen molar-refractivity contribution in [2.75, 3.05) is 26.8 Å². The number of carbonyl (C=O) groups is 1. The quantitative estimate of drug-likeness (QED) is 0.835. The highest BCUT2D eigenvalue weighted by atomic mass is 32.2. The van der Waals surface area contributed by atoms with Crippen molar-refractivity contribution in [1.82, 2.24) is 4.31 Å². The number of methoxy groups -OCH3 is 1. The van der Waals surface area contributed by atoms with Gasteiger partial charge in [0.2, 0.25) is 10.0 Å². The molecule has 1 aromatic carbocycles. The van der Waals surface area contributed by atoms with Crippen LogP contribution in [-0.2, 0) is 19.6 Å². The number of hydrogen-bond acceptors (Lipinski definition) is 5. The molecule has 0 spiro atoms. The lowest BCUT2D eigenvalue weighted by atomic mass is 10.1. The first-order valence-electron chi connectivity index (χ1n) is 6.91. The van der Waals surface area contributed by atoms with E-state index in [1.807, 2.05) is 0 Å². The lowest BCUT2D eigenvalue weighted by Gasteiger charge is -2.31. The molecule has 0 amide bonds. The maximum atomic E-state index is 12.7. The van der Waals surface area contributed by atoms with Crippen molar-refractivity contribution >= 4 is 16.0 Å². The summed E-state index contributed by atoms with van der Waals surface area (Å²) in [5, 5.41) is 8.59. The van der Waals surface area contributed by atoms with E-state index in [1.54, 1.807) is 18.2 Å². The van der Waals surface area contributed by atoms with Crippen LogP contribution in [0.2, 0.25) is 0 Å². The second kappa shape index (κ2) is 7.08. The van der Waals surface area contributed by atoms with Gasteiger partial charge in [-0.25, -0.2) is 13.2 Å². The Morgan fingerprint density at radius 1 is 1.32 bits per heavy atom. The van der Waals surface area contributed by atoms with E-state index in [0.29, 0.717) is 31.7 Å². The van der Waals surface area contributed by atoms with Crippen LogP contribution in [-0.4, -0.2) is 56.7 Å². The van der Waals surface area contributed by atoms with Crippen molar-refractivity contribution < 1.29 is 27.8 Å². The first kappa shape index (κ1) is 16.7. The van der Waals surface area contributed by atoms with Crippen LogP contribution in [0.4, 0.5) is 0 Å². The number of carboxylic acids is 1. The van der Waals surface area contributed by atoms with Crippen LogP contribution in [0.3, 0.4) is 0 Å². The molecule has 0 radical (unpaired) electrons. The van der Waals surface area contributed by atoms with E-state index < -0.39 is 16.0 Å². The SMILES string of the molecule is COc1ccccc1S(=O)(=O)N1CCC(OCC(=O)O)CC1. The molecule has 0 bridgehead atoms. The van der Waals surface area contributed by atoms with Crippen LogP contribution in [0.25, 0.3) is 0 Å². The lowest BCUT2D eigenvalue weighted by Crippen LogP contribution is -2.41. The number of ether oxygens (including phenoxy) is 2. The van der Waals surface area contributed by atoms with E-state index in [-0.39, 0.29) is 17.6 Å². The highest BCUT2D eigenvalue weighted by Crippen LogP contribution is 2.28. The number of carboxylic acid groups (broad SMARTS) is 1. The van der Waals surface area contributed by atoms with E-state index >= 15 is 0 Å². The molecule has 1 aliphatic heterocycles. The Bertz CT molecular complexity index is 622. The minimum absolute atomic E-state index is 0.141. The summed E-state index contributed by atoms with van der Waals surface area (Å²) >= 11 is 0. The third-order valence-electron chi connectivity index (χ3n) is 3.53. The average molecular weight is 329 g/mol. The fraction of sp³-hybridized carbons (Fsp3) is 0.500. The van der Waals surface area contributed by atoms with Gasteiger partial charge in [-0.1, -0.05) is 12.1 Å². The molecule has 2 rings (SSSR count). The monoisotopic (exact) mass is 329 g/mol. The fourth-order valence-electron chi connectivity index (χ4n) is 2.40. The van der Waals surface area contributed by atoms with E-state index in [9.17, 15) is 13.2 Å². The predicted octanol–water partition coefficient (Wildman–Crippen LogP) is 0.950. The molecule has 0 aliphatic carbocycles. The number of sulfonamides is 1. The van der Waals surface area contributed by atoms with Gasteiger partial charge >= 0.3 is 5.97 Å². The van der Waals surface area contributed by atoms with Crippen LogP contribution >= 0.6 is 0 Å². The third-order valence-corrected chi connectivity index (χ3v) is 5.47. The highest BCUT2D eigenvalue weighted by Gasteiger charge is 2.31. The summed E-state index contributed by atoms with van der Waals surface area (Å²) in [5.41, 5.74) is 0. The molecule has 1 heterocycles. The normalized spacial score (nSPS) is 17.3. The summed E-state index contributed by atoms with van der Waals surface area (Å²) in [5.74, 6) is -0.712. The van der Waals surface area contributed by atoms with Crippen molar-refractivity contribution in [3.05, 3.63) is 24.3 Å². The molecule has 1 saturated heterocycles. The van der Waals surface area contributed by atoms with E-state index in [1.165, 1.54) is 17.5 Å². The predicted molar refractivity (Wildman–Crippen MR) is 78.4 cm³/mol. The number of nitrogens with zero attached hydrogens (tertiary/aromatic N) is 1. The summed E-state index contributed by atoms with van der Waals surface area (Å²) in [6.07, 6.45) is 0.726. The first-order valence-corrected chi connectivity index (χ1v) is 8.35. The second-order valence-electron chi connectivity index (χ2n) is 4.96. The molecule has 122 valence electrons. The highest BCUT2D eigenvalue weighted by molar-refractivity contribution is 7.89. The molecule has 7 nitrogen and oxygen atoms in total. The Kier molecular flexibility index (Phi) is 5.38. The van der Waals surface area contributed by atoms with Crippen molar-refractivity contribution in [2.24, 2.45) is 0 Å². The number of benzene rings is 1. The van der Waals surface area contributed by atoms with Crippen LogP contribution in [0.5, 0.6) is 5.75 Å². The summed E-state index contributed by atoms with van der Waals surface area (Å²) in [6, 6.07) is 6.48. The molecule has 0 aromatic heterocycles. The molecule has 22 heavy (non-hydrogen) atoms. The summed E-state index contributed by atoms with van der Waals surface area (Å²) < 4.78 is 37.0. The molecule has 0 atom stereocenters. The van der Waals surface area contributed by atoms with Crippen molar-refractivity contribution in [1.29, 1.82) is 0 Å². The Labute approximate surface area is 129 Å². The van der Waals surface area contributed by atoms with Gasteiger partial charge in [0.1, 0.15) is 17.3 Å². The zero-order valence-electron chi connectivity index (χ0n) is 12.3. The van der Waals surface area contributed by atoms with Gasteiger partial charge in [0.15, 0.2) is 0 Å². The number of aliphatic carboxylic acids is 1. The van der Waals surface area contributed by atoms with Crippen molar-refractivity contribution in [2.45, 2.75) is 23.8 Å². The lowest BCUT2D eigenvalue weighted by molar-refractivity contribution is -0.145. The molecular weight excluding hydrogens is 310 g/mol. The van der Waals surface area contributed by atoms with Gasteiger partial charge in [0, 0.05) is 13.1 Å². The van der Waals surface area contributed by atoms with E-state index in [0.717, 1.165) is 0 Å². The number of piperidine rings is 1. The molecule has 8 heteroatoms. The summed E-state index contributed by atoms with van der Waals surface area (Å²) in [7, 11) is -2.19. The maximum absolute atomic E-state index is 12.7. The zero-order chi connectivity index (χ0) is 16.2. The van der Waals surface area contributed by atoms with Crippen LogP contribution in [0, 0.1) is 0 Å². The standard InChI is InChI=1S/C14H19NO6S/c1-20-12-4-2-3-5-13(12)22(18,19)15-8-6-11(7-9-15)21-10-14(16)17/h2-5,11H,6-10H2,1H3,(H,16,17). The van der Waals surface area contributed by atoms with Crippen LogP contribution < -0.4 is 4.74 Å². The van der Waals surface area contributed by atoms with E-state index in [2.05, 4.69) is 0 Å². The molecule has 1 fully saturated rings. The average Bonchev–Trinajstić information content (AvgIpc) is 2.53. The van der Waals surface area contributed by atoms with Gasteiger partial charge in [0.25, 0.3) is 0 Å². The van der Waals surface area contributed by atoms with Crippen LogP contribution in [0.15, 0.2) is 29.2 Å². The van der Waals surface area contributed by atoms with Gasteiger partial charge in [0.05, 0.1) is 13.2 Å². The van der Waals surface area contributed by atoms with Gasteiger partial charge in [-0.2, -0.15) is 4.31 Å². The van der Waals surface area contributed by atoms with Gasteiger partial charge < -0.3 is 14.6 Å². The van der Waals surface area contributed by atoms with Crippen molar-refractivity contribution in [3.63, 3.8) is 0 Å². The fourth-order valence-corrected chi connectivity index (χ4v) is 4.03. The topological polar surface area (TPSA) is 93.1 Å². The summed E-state index contributed by atoms with van der Waals surface area (Å²) in [4.78, 5) is 10.6. The molecule has 1 N–H and O–H groups in total. The minimum Gasteiger partial charge on any atom is -0.495 e. The van der Waals surface area contributed by atoms with Gasteiger partial charge in [-0.3, -0.25) is 0 Å². The largest absolute Gasteiger partial charge is 0.495 e. The van der Waals surface area contributed by atoms with Crippen LogP contribution in [0.1, 0.15) is 12.8 Å². The maximum Gasteiger partial charge on any atom is 0.329 e. The number of rotatable bonds is 6. The zero-order valence-corrected chi connectivity index (χ0v) is 13.1. The second-order valence-corrected chi connectivity index (χ2v) is 6.87. The molecule has 1 aromatic rings. The Balaban J connectivity index is 2.05. The minimum atomic E-state index is -3.62. The van der Waals surface area contributed by atoms with Gasteiger partial charge in [-0.05, 0) is 25.0 Å². The molecular formula is C14H19NO6S. The number of para-hydroxylation sites is 1. The van der Waals surface area contributed by atoms with Crippen molar-refractivity contribution in [3.8, 4) is 5.75 Å². The Hall–Kier alpha value is -1.64. The Morgan fingerprint density at radius 2 is 1.95 bits per heavy atom. The molecule has 0 unspecified atom stereocenters. The smallest absolute Gasteiger partial charge is 0.329 e. The third kappa shape index (κ3) is 3.76. The number of hydrogen-bond donors (Lipinski definition) is 1. The van der Waals surface area contributed by atoms with Gasteiger partial charge in [-0.15, -0.1) is 0 Å². The molecule has 0 saturated carbocycles. The molecule has 1 aliphatic rings.